The number of nitrogens with one attached hydrogen (secondary N) is 1. The fourth-order valence-electron chi connectivity index (χ4n) is 4.04. The molecule has 1 atom stereocenters. The number of carbonyl (C=O) groups excluding carboxylic acids is 2. The minimum Gasteiger partial charge on any atom is -0.492 e. The van der Waals surface area contributed by atoms with Crippen molar-refractivity contribution in [3.63, 3.8) is 0 Å². The number of para-hydroxylation sites is 1. The van der Waals surface area contributed by atoms with E-state index >= 15 is 0 Å². The largest absolute Gasteiger partial charge is 0.492 e. The third-order valence-corrected chi connectivity index (χ3v) is 6.02. The Balaban J connectivity index is 1.27. The molecule has 0 radical (unpaired) electrons. The van der Waals surface area contributed by atoms with Crippen LogP contribution in [0.1, 0.15) is 29.8 Å². The number of hydrogen-bond acceptors (Lipinski definition) is 6. The Morgan fingerprint density at radius 2 is 1.56 bits per heavy atom. The zero-order chi connectivity index (χ0) is 27.5. The summed E-state index contributed by atoms with van der Waals surface area (Å²) >= 11 is 0. The van der Waals surface area contributed by atoms with Crippen LogP contribution >= 0.6 is 0 Å². The molecule has 4 rings (SSSR count). The van der Waals surface area contributed by atoms with Crippen LogP contribution in [0.2, 0.25) is 0 Å². The number of hydrogen-bond donors (Lipinski definition) is 1. The first-order valence-electron chi connectivity index (χ1n) is 12.9. The van der Waals surface area contributed by atoms with Crippen molar-refractivity contribution >= 4 is 11.9 Å². The van der Waals surface area contributed by atoms with E-state index in [1.807, 2.05) is 84.9 Å². The monoisotopic (exact) mass is 524 g/mol. The second-order valence-corrected chi connectivity index (χ2v) is 9.08. The van der Waals surface area contributed by atoms with Crippen LogP contribution in [0.25, 0.3) is 11.3 Å². The van der Waals surface area contributed by atoms with Crippen molar-refractivity contribution in [1.82, 2.24) is 10.3 Å². The highest BCUT2D eigenvalue weighted by Gasteiger charge is 2.37. The van der Waals surface area contributed by atoms with Crippen LogP contribution in [0.15, 0.2) is 103 Å². The maximum Gasteiger partial charge on any atom is 0.350 e. The Kier molecular flexibility index (Phi) is 9.29. The van der Waals surface area contributed by atoms with Gasteiger partial charge in [-0.25, -0.2) is 4.79 Å². The van der Waals surface area contributed by atoms with Gasteiger partial charge >= 0.3 is 5.97 Å². The zero-order valence-electron chi connectivity index (χ0n) is 22.1. The number of nitrogens with zero attached hydrogens (tertiary/aromatic N) is 1. The van der Waals surface area contributed by atoms with Crippen LogP contribution in [0, 0.1) is 0 Å². The Bertz CT molecular complexity index is 1340. The molecular formula is C32H32N2O5. The fraction of sp³-hybridized carbons (Fsp3) is 0.219. The summed E-state index contributed by atoms with van der Waals surface area (Å²) in [7, 11) is 0. The standard InChI is InChI=1S/C32H32N2O5/c1-3-37-31(36)32(2,39-28-9-5-4-6-10-28)23-24-12-18-27(19-13-24)38-22-21-34-30(35)26-16-14-25(15-17-26)29-11-7-8-20-33-29/h4-20H,3,21-23H2,1-2H3,(H,34,35). The molecule has 1 unspecified atom stereocenters. The highest BCUT2D eigenvalue weighted by molar-refractivity contribution is 5.94. The zero-order valence-corrected chi connectivity index (χ0v) is 22.1. The molecule has 7 heteroatoms. The Morgan fingerprint density at radius 3 is 2.23 bits per heavy atom. The van der Waals surface area contributed by atoms with Crippen LogP contribution in [-0.4, -0.2) is 42.2 Å². The Hall–Kier alpha value is -4.65. The molecule has 200 valence electrons. The van der Waals surface area contributed by atoms with Crippen LogP contribution < -0.4 is 14.8 Å². The first-order valence-corrected chi connectivity index (χ1v) is 12.9. The first kappa shape index (κ1) is 27.4. The van der Waals surface area contributed by atoms with E-state index in [1.54, 1.807) is 32.2 Å². The van der Waals surface area contributed by atoms with Gasteiger partial charge in [0.25, 0.3) is 5.91 Å². The van der Waals surface area contributed by atoms with Gasteiger partial charge in [-0.1, -0.05) is 48.5 Å². The minimum absolute atomic E-state index is 0.168. The van der Waals surface area contributed by atoms with Crippen molar-refractivity contribution in [1.29, 1.82) is 0 Å². The SMILES string of the molecule is CCOC(=O)C(C)(Cc1ccc(OCCNC(=O)c2ccc(-c3ccccn3)cc2)cc1)Oc1ccccc1. The molecule has 0 saturated heterocycles. The number of aromatic nitrogens is 1. The summed E-state index contributed by atoms with van der Waals surface area (Å²) in [5.41, 5.74) is 2.10. The maximum atomic E-state index is 12.7. The normalized spacial score (nSPS) is 12.2. The lowest BCUT2D eigenvalue weighted by Crippen LogP contribution is -2.45. The van der Waals surface area contributed by atoms with E-state index in [0.29, 0.717) is 36.6 Å². The Morgan fingerprint density at radius 1 is 0.846 bits per heavy atom. The number of ether oxygens (including phenoxy) is 3. The van der Waals surface area contributed by atoms with Gasteiger partial charge in [0.1, 0.15) is 18.1 Å². The Labute approximate surface area is 228 Å². The van der Waals surface area contributed by atoms with Crippen molar-refractivity contribution in [2.24, 2.45) is 0 Å². The second kappa shape index (κ2) is 13.2. The van der Waals surface area contributed by atoms with E-state index in [1.165, 1.54) is 0 Å². The van der Waals surface area contributed by atoms with E-state index in [9.17, 15) is 9.59 Å². The van der Waals surface area contributed by atoms with E-state index in [-0.39, 0.29) is 12.5 Å². The number of benzene rings is 3. The van der Waals surface area contributed by atoms with Gasteiger partial charge in [-0.3, -0.25) is 9.78 Å². The van der Waals surface area contributed by atoms with Crippen LogP contribution in [0.5, 0.6) is 11.5 Å². The highest BCUT2D eigenvalue weighted by Crippen LogP contribution is 2.25. The average Bonchev–Trinajstić information content (AvgIpc) is 2.97. The summed E-state index contributed by atoms with van der Waals surface area (Å²) < 4.78 is 17.2. The molecule has 0 saturated carbocycles. The second-order valence-electron chi connectivity index (χ2n) is 9.08. The molecule has 0 aliphatic heterocycles. The van der Waals surface area contributed by atoms with Gasteiger partial charge < -0.3 is 19.5 Å². The minimum atomic E-state index is -1.18. The fourth-order valence-corrected chi connectivity index (χ4v) is 4.04. The summed E-state index contributed by atoms with van der Waals surface area (Å²) in [4.78, 5) is 29.6. The first-order chi connectivity index (χ1) is 19.0. The van der Waals surface area contributed by atoms with Crippen LogP contribution in [0.4, 0.5) is 0 Å². The van der Waals surface area contributed by atoms with E-state index < -0.39 is 11.6 Å². The summed E-state index contributed by atoms with van der Waals surface area (Å²) in [6, 6.07) is 29.7. The van der Waals surface area contributed by atoms with Crippen molar-refractivity contribution in [3.05, 3.63) is 114 Å². The smallest absolute Gasteiger partial charge is 0.350 e. The lowest BCUT2D eigenvalue weighted by atomic mass is 9.96. The number of esters is 1. The molecule has 39 heavy (non-hydrogen) atoms. The molecule has 3 aromatic carbocycles. The summed E-state index contributed by atoms with van der Waals surface area (Å²) in [6.45, 7) is 4.45. The predicted molar refractivity (Wildman–Crippen MR) is 150 cm³/mol. The van der Waals surface area contributed by atoms with E-state index in [0.717, 1.165) is 16.8 Å². The maximum absolute atomic E-state index is 12.7. The summed E-state index contributed by atoms with van der Waals surface area (Å²) in [5, 5.41) is 2.87. The van der Waals surface area contributed by atoms with Gasteiger partial charge in [0.2, 0.25) is 5.60 Å². The molecule has 1 N–H and O–H groups in total. The predicted octanol–water partition coefficient (Wildman–Crippen LogP) is 5.50. The lowest BCUT2D eigenvalue weighted by Gasteiger charge is -2.28. The number of carbonyl (C=O) groups is 2. The van der Waals surface area contributed by atoms with Crippen LogP contribution in [0.3, 0.4) is 0 Å². The topological polar surface area (TPSA) is 86.8 Å². The summed E-state index contributed by atoms with van der Waals surface area (Å²) in [5.74, 6) is 0.670. The van der Waals surface area contributed by atoms with Gasteiger partial charge in [-0.2, -0.15) is 0 Å². The molecule has 0 aliphatic carbocycles. The van der Waals surface area contributed by atoms with E-state index in [2.05, 4.69) is 10.3 Å². The van der Waals surface area contributed by atoms with Crippen molar-refractivity contribution in [3.8, 4) is 22.8 Å². The highest BCUT2D eigenvalue weighted by atomic mass is 16.6. The molecule has 7 nitrogen and oxygen atoms in total. The summed E-state index contributed by atoms with van der Waals surface area (Å²) in [6.07, 6.45) is 2.07. The third kappa shape index (κ3) is 7.68. The molecule has 0 fully saturated rings. The third-order valence-electron chi connectivity index (χ3n) is 6.02. The van der Waals surface area contributed by atoms with Crippen LogP contribution in [-0.2, 0) is 16.0 Å². The average molecular weight is 525 g/mol. The van der Waals surface area contributed by atoms with Gasteiger partial charge in [0, 0.05) is 23.7 Å². The molecule has 0 aliphatic rings. The molecule has 4 aromatic rings. The van der Waals surface area contributed by atoms with E-state index in [4.69, 9.17) is 14.2 Å². The number of pyridine rings is 1. The van der Waals surface area contributed by atoms with Crippen molar-refractivity contribution in [2.45, 2.75) is 25.9 Å². The van der Waals surface area contributed by atoms with Crippen molar-refractivity contribution in [2.75, 3.05) is 19.8 Å². The molecule has 0 bridgehead atoms. The number of rotatable bonds is 12. The molecule has 1 amide bonds. The molecular weight excluding hydrogens is 492 g/mol. The lowest BCUT2D eigenvalue weighted by molar-refractivity contribution is -0.160. The van der Waals surface area contributed by atoms with Gasteiger partial charge in [0.05, 0.1) is 18.8 Å². The quantitative estimate of drug-likeness (QED) is 0.195. The van der Waals surface area contributed by atoms with Crippen molar-refractivity contribution < 1.29 is 23.8 Å². The van der Waals surface area contributed by atoms with Gasteiger partial charge in [0.15, 0.2) is 0 Å². The number of amides is 1. The van der Waals surface area contributed by atoms with Gasteiger partial charge in [-0.05, 0) is 67.9 Å². The molecule has 0 spiro atoms. The van der Waals surface area contributed by atoms with Gasteiger partial charge in [-0.15, -0.1) is 0 Å². The molecule has 1 heterocycles. The molecule has 1 aromatic heterocycles.